The highest BCUT2D eigenvalue weighted by Crippen LogP contribution is 2.29. The number of amides is 1. The van der Waals surface area contributed by atoms with E-state index in [4.69, 9.17) is 0 Å². The molecule has 0 aromatic heterocycles. The molecule has 1 heterocycles. The average molecular weight is 428 g/mol. The molecular formula is C21H21F5N2O2. The molecule has 2 aromatic carbocycles. The SMILES string of the molecule is O=C(c1ccc(OC(F)F)cc1)N1CCCN(Cc2ccc(C(F)(F)F)cc2)CC1. The molecule has 0 bridgehead atoms. The van der Waals surface area contributed by atoms with Crippen LogP contribution in [-0.2, 0) is 12.7 Å². The van der Waals surface area contributed by atoms with Crippen LogP contribution in [0.15, 0.2) is 48.5 Å². The minimum absolute atomic E-state index is 0.0138. The maximum Gasteiger partial charge on any atom is 0.416 e. The van der Waals surface area contributed by atoms with Crippen molar-refractivity contribution in [3.05, 3.63) is 65.2 Å². The van der Waals surface area contributed by atoms with E-state index >= 15 is 0 Å². The number of carbonyl (C=O) groups is 1. The zero-order chi connectivity index (χ0) is 21.7. The van der Waals surface area contributed by atoms with Crippen molar-refractivity contribution in [1.29, 1.82) is 0 Å². The number of benzene rings is 2. The van der Waals surface area contributed by atoms with Gasteiger partial charge in [-0.15, -0.1) is 0 Å². The van der Waals surface area contributed by atoms with Crippen LogP contribution in [0.3, 0.4) is 0 Å². The number of hydrogen-bond acceptors (Lipinski definition) is 3. The van der Waals surface area contributed by atoms with Gasteiger partial charge in [-0.05, 0) is 48.4 Å². The van der Waals surface area contributed by atoms with Crippen molar-refractivity contribution >= 4 is 5.91 Å². The summed E-state index contributed by atoms with van der Waals surface area (Å²) >= 11 is 0. The van der Waals surface area contributed by atoms with Gasteiger partial charge in [0.05, 0.1) is 5.56 Å². The Balaban J connectivity index is 1.56. The molecule has 0 N–H and O–H groups in total. The molecule has 30 heavy (non-hydrogen) atoms. The van der Waals surface area contributed by atoms with E-state index in [1.54, 1.807) is 4.90 Å². The third-order valence-electron chi connectivity index (χ3n) is 4.89. The topological polar surface area (TPSA) is 32.8 Å². The van der Waals surface area contributed by atoms with Gasteiger partial charge in [-0.25, -0.2) is 0 Å². The van der Waals surface area contributed by atoms with Crippen LogP contribution >= 0.6 is 0 Å². The molecule has 0 radical (unpaired) electrons. The third-order valence-corrected chi connectivity index (χ3v) is 4.89. The number of alkyl halides is 5. The summed E-state index contributed by atoms with van der Waals surface area (Å²) in [4.78, 5) is 16.5. The number of rotatable bonds is 5. The van der Waals surface area contributed by atoms with Crippen LogP contribution in [-0.4, -0.2) is 48.5 Å². The predicted octanol–water partition coefficient (Wildman–Crippen LogP) is 4.65. The number of hydrogen-bond donors (Lipinski definition) is 0. The fraction of sp³-hybridized carbons (Fsp3) is 0.381. The molecule has 0 aliphatic carbocycles. The first-order valence-electron chi connectivity index (χ1n) is 9.45. The third kappa shape index (κ3) is 5.91. The molecule has 2 aromatic rings. The van der Waals surface area contributed by atoms with Gasteiger partial charge in [0, 0.05) is 38.3 Å². The average Bonchev–Trinajstić information content (AvgIpc) is 2.93. The summed E-state index contributed by atoms with van der Waals surface area (Å²) in [5, 5.41) is 0. The van der Waals surface area contributed by atoms with Crippen molar-refractivity contribution in [2.75, 3.05) is 26.2 Å². The summed E-state index contributed by atoms with van der Waals surface area (Å²) in [5.41, 5.74) is 0.481. The van der Waals surface area contributed by atoms with Gasteiger partial charge >= 0.3 is 12.8 Å². The molecule has 3 rings (SSSR count). The molecule has 162 valence electrons. The van der Waals surface area contributed by atoms with Crippen LogP contribution in [0.4, 0.5) is 22.0 Å². The molecule has 0 saturated carbocycles. The van der Waals surface area contributed by atoms with E-state index in [1.165, 1.54) is 36.4 Å². The molecule has 0 unspecified atom stereocenters. The molecule has 1 aliphatic heterocycles. The molecule has 9 heteroatoms. The highest BCUT2D eigenvalue weighted by Gasteiger charge is 2.30. The van der Waals surface area contributed by atoms with E-state index in [0.717, 1.165) is 24.1 Å². The Bertz CT molecular complexity index is 838. The summed E-state index contributed by atoms with van der Waals surface area (Å²) in [7, 11) is 0. The second-order valence-electron chi connectivity index (χ2n) is 7.02. The predicted molar refractivity (Wildman–Crippen MR) is 100 cm³/mol. The Kier molecular flexibility index (Phi) is 6.91. The van der Waals surface area contributed by atoms with E-state index in [9.17, 15) is 26.7 Å². The first-order chi connectivity index (χ1) is 14.2. The lowest BCUT2D eigenvalue weighted by atomic mass is 10.1. The van der Waals surface area contributed by atoms with Gasteiger partial charge in [0.2, 0.25) is 0 Å². The largest absolute Gasteiger partial charge is 0.435 e. The first kappa shape index (κ1) is 22.0. The van der Waals surface area contributed by atoms with E-state index in [-0.39, 0.29) is 11.7 Å². The van der Waals surface area contributed by atoms with E-state index in [2.05, 4.69) is 9.64 Å². The van der Waals surface area contributed by atoms with Gasteiger partial charge in [0.15, 0.2) is 0 Å². The lowest BCUT2D eigenvalue weighted by Crippen LogP contribution is -2.35. The molecular weight excluding hydrogens is 407 g/mol. The standard InChI is InChI=1S/C21H21F5N2O2/c22-20(23)30-18-8-4-16(5-9-18)19(29)28-11-1-10-27(12-13-28)14-15-2-6-17(7-3-15)21(24,25)26/h2-9,20H,1,10-14H2. The Hall–Kier alpha value is -2.68. The first-order valence-corrected chi connectivity index (χ1v) is 9.45. The molecule has 1 fully saturated rings. The Morgan fingerprint density at radius 2 is 1.60 bits per heavy atom. The van der Waals surface area contributed by atoms with Gasteiger partial charge in [0.1, 0.15) is 5.75 Å². The van der Waals surface area contributed by atoms with Crippen LogP contribution in [0.2, 0.25) is 0 Å². The van der Waals surface area contributed by atoms with Crippen molar-refractivity contribution < 1.29 is 31.5 Å². The summed E-state index contributed by atoms with van der Waals surface area (Å²) in [6.45, 7) is -0.120. The van der Waals surface area contributed by atoms with Gasteiger partial charge < -0.3 is 9.64 Å². The fourth-order valence-electron chi connectivity index (χ4n) is 3.35. The van der Waals surface area contributed by atoms with Gasteiger partial charge in [-0.2, -0.15) is 22.0 Å². The van der Waals surface area contributed by atoms with Crippen LogP contribution in [0.25, 0.3) is 0 Å². The lowest BCUT2D eigenvalue weighted by molar-refractivity contribution is -0.137. The monoisotopic (exact) mass is 428 g/mol. The molecule has 1 amide bonds. The van der Waals surface area contributed by atoms with Crippen molar-refractivity contribution in [2.24, 2.45) is 0 Å². The van der Waals surface area contributed by atoms with E-state index < -0.39 is 18.4 Å². The zero-order valence-electron chi connectivity index (χ0n) is 16.0. The van der Waals surface area contributed by atoms with Gasteiger partial charge in [-0.3, -0.25) is 9.69 Å². The van der Waals surface area contributed by atoms with Crippen LogP contribution < -0.4 is 4.74 Å². The van der Waals surface area contributed by atoms with Gasteiger partial charge in [-0.1, -0.05) is 12.1 Å². The number of halogens is 5. The molecule has 4 nitrogen and oxygen atoms in total. The normalized spacial score (nSPS) is 15.9. The lowest BCUT2D eigenvalue weighted by Gasteiger charge is -2.22. The molecule has 0 spiro atoms. The maximum atomic E-state index is 12.7. The fourth-order valence-corrected chi connectivity index (χ4v) is 3.35. The molecule has 0 atom stereocenters. The molecule has 1 saturated heterocycles. The van der Waals surface area contributed by atoms with Crippen LogP contribution in [0.5, 0.6) is 5.75 Å². The number of nitrogens with zero attached hydrogens (tertiary/aromatic N) is 2. The number of ether oxygens (including phenoxy) is 1. The minimum atomic E-state index is -4.36. The minimum Gasteiger partial charge on any atom is -0.435 e. The number of carbonyl (C=O) groups excluding carboxylic acids is 1. The van der Waals surface area contributed by atoms with E-state index in [0.29, 0.717) is 38.3 Å². The second-order valence-corrected chi connectivity index (χ2v) is 7.02. The quantitative estimate of drug-likeness (QED) is 0.650. The zero-order valence-corrected chi connectivity index (χ0v) is 16.0. The van der Waals surface area contributed by atoms with Crippen molar-refractivity contribution in [3.8, 4) is 5.75 Å². The van der Waals surface area contributed by atoms with Crippen molar-refractivity contribution in [2.45, 2.75) is 25.8 Å². The van der Waals surface area contributed by atoms with Crippen LogP contribution in [0.1, 0.15) is 27.9 Å². The van der Waals surface area contributed by atoms with Crippen molar-refractivity contribution in [1.82, 2.24) is 9.80 Å². The Morgan fingerprint density at radius 1 is 0.933 bits per heavy atom. The Labute approximate surface area is 170 Å². The molecule has 1 aliphatic rings. The summed E-state index contributed by atoms with van der Waals surface area (Å²) < 4.78 is 66.8. The summed E-state index contributed by atoms with van der Waals surface area (Å²) in [6, 6.07) is 10.6. The van der Waals surface area contributed by atoms with E-state index in [1.807, 2.05) is 0 Å². The maximum absolute atomic E-state index is 12.7. The van der Waals surface area contributed by atoms with Gasteiger partial charge in [0.25, 0.3) is 5.91 Å². The van der Waals surface area contributed by atoms with Crippen LogP contribution in [0, 0.1) is 0 Å². The summed E-state index contributed by atoms with van der Waals surface area (Å²) in [6.07, 6.45) is -3.63. The summed E-state index contributed by atoms with van der Waals surface area (Å²) in [5.74, 6) is -0.213. The smallest absolute Gasteiger partial charge is 0.416 e. The highest BCUT2D eigenvalue weighted by molar-refractivity contribution is 5.94. The Morgan fingerprint density at radius 3 is 2.20 bits per heavy atom. The highest BCUT2D eigenvalue weighted by atomic mass is 19.4. The second kappa shape index (κ2) is 9.42. The van der Waals surface area contributed by atoms with Crippen molar-refractivity contribution in [3.63, 3.8) is 0 Å².